The molecule has 0 aromatic carbocycles. The van der Waals surface area contributed by atoms with Crippen LogP contribution in [-0.4, -0.2) is 48.1 Å². The first-order valence-corrected chi connectivity index (χ1v) is 9.29. The highest BCUT2D eigenvalue weighted by molar-refractivity contribution is 5.79. The Kier molecular flexibility index (Phi) is 7.56. The minimum absolute atomic E-state index is 0.465. The minimum Gasteiger partial charge on any atom is -0.444 e. The van der Waals surface area contributed by atoms with Crippen LogP contribution < -0.4 is 10.6 Å². The molecule has 1 saturated heterocycles. The van der Waals surface area contributed by atoms with Crippen molar-refractivity contribution in [3.63, 3.8) is 0 Å². The molecule has 0 aliphatic carbocycles. The monoisotopic (exact) mass is 335 g/mol. The molecule has 1 unspecified atom stereocenters. The molecule has 1 atom stereocenters. The normalized spacial score (nSPS) is 19.5. The highest BCUT2D eigenvalue weighted by Crippen LogP contribution is 2.16. The van der Waals surface area contributed by atoms with Gasteiger partial charge in [0.25, 0.3) is 0 Å². The predicted molar refractivity (Wildman–Crippen MR) is 98.3 cm³/mol. The van der Waals surface area contributed by atoms with Crippen molar-refractivity contribution < 1.29 is 4.42 Å². The zero-order chi connectivity index (χ0) is 17.4. The summed E-state index contributed by atoms with van der Waals surface area (Å²) in [6.07, 6.45) is 5.20. The Morgan fingerprint density at radius 2 is 2.17 bits per heavy atom. The van der Waals surface area contributed by atoms with E-state index in [2.05, 4.69) is 39.4 Å². The van der Waals surface area contributed by atoms with E-state index in [9.17, 15) is 0 Å². The van der Waals surface area contributed by atoms with Crippen molar-refractivity contribution in [3.05, 3.63) is 17.3 Å². The number of hydrogen-bond acceptors (Lipinski definition) is 4. The molecule has 24 heavy (non-hydrogen) atoms. The Bertz CT molecular complexity index is 506. The molecule has 136 valence electrons. The quantitative estimate of drug-likeness (QED) is 0.455. The molecule has 1 aliphatic rings. The van der Waals surface area contributed by atoms with Crippen LogP contribution in [0.2, 0.25) is 0 Å². The van der Waals surface area contributed by atoms with Crippen molar-refractivity contribution in [2.24, 2.45) is 4.99 Å². The van der Waals surface area contributed by atoms with Crippen molar-refractivity contribution in [1.82, 2.24) is 20.5 Å². The number of piperidine rings is 1. The maximum Gasteiger partial charge on any atom is 0.216 e. The van der Waals surface area contributed by atoms with E-state index in [4.69, 9.17) is 4.42 Å². The third kappa shape index (κ3) is 5.82. The largest absolute Gasteiger partial charge is 0.444 e. The number of oxazole rings is 1. The van der Waals surface area contributed by atoms with Gasteiger partial charge in [-0.25, -0.2) is 9.98 Å². The third-order valence-electron chi connectivity index (χ3n) is 4.64. The number of guanidine groups is 1. The molecular weight excluding hydrogens is 302 g/mol. The van der Waals surface area contributed by atoms with Gasteiger partial charge in [-0.1, -0.05) is 6.42 Å². The van der Waals surface area contributed by atoms with Crippen molar-refractivity contribution >= 4 is 5.96 Å². The Morgan fingerprint density at radius 3 is 2.83 bits per heavy atom. The summed E-state index contributed by atoms with van der Waals surface area (Å²) >= 11 is 0. The highest BCUT2D eigenvalue weighted by Gasteiger charge is 2.17. The van der Waals surface area contributed by atoms with E-state index in [0.29, 0.717) is 12.4 Å². The highest BCUT2D eigenvalue weighted by atomic mass is 16.4. The second-order valence-electron chi connectivity index (χ2n) is 6.61. The second kappa shape index (κ2) is 9.67. The average Bonchev–Trinajstić information content (AvgIpc) is 2.89. The Labute approximate surface area is 146 Å². The van der Waals surface area contributed by atoms with Crippen LogP contribution in [0.1, 0.15) is 56.9 Å². The maximum absolute atomic E-state index is 5.58. The zero-order valence-corrected chi connectivity index (χ0v) is 15.7. The molecule has 2 heterocycles. The van der Waals surface area contributed by atoms with E-state index in [0.717, 1.165) is 49.5 Å². The first-order valence-electron chi connectivity index (χ1n) is 9.29. The van der Waals surface area contributed by atoms with Gasteiger partial charge in [-0.15, -0.1) is 0 Å². The molecule has 2 rings (SSSR count). The molecule has 0 spiro atoms. The molecule has 1 aromatic heterocycles. The van der Waals surface area contributed by atoms with Gasteiger partial charge in [-0.2, -0.15) is 0 Å². The lowest BCUT2D eigenvalue weighted by atomic mass is 10.0. The van der Waals surface area contributed by atoms with Gasteiger partial charge < -0.3 is 20.0 Å². The molecule has 2 N–H and O–H groups in total. The SMILES string of the molecule is CCNC(=NCc1nc(C)c(C)o1)NCCCN1CCCCC1C. The van der Waals surface area contributed by atoms with Crippen LogP contribution in [0.5, 0.6) is 0 Å². The molecule has 0 amide bonds. The van der Waals surface area contributed by atoms with Gasteiger partial charge in [0.2, 0.25) is 5.89 Å². The smallest absolute Gasteiger partial charge is 0.216 e. The molecule has 1 aromatic rings. The van der Waals surface area contributed by atoms with Gasteiger partial charge >= 0.3 is 0 Å². The van der Waals surface area contributed by atoms with Crippen LogP contribution in [0.15, 0.2) is 9.41 Å². The number of nitrogens with one attached hydrogen (secondary N) is 2. The summed E-state index contributed by atoms with van der Waals surface area (Å²) in [6, 6.07) is 0.733. The van der Waals surface area contributed by atoms with Crippen LogP contribution in [0.25, 0.3) is 0 Å². The van der Waals surface area contributed by atoms with Crippen LogP contribution in [0.3, 0.4) is 0 Å². The Balaban J connectivity index is 1.74. The fourth-order valence-electron chi connectivity index (χ4n) is 3.07. The van der Waals surface area contributed by atoms with Gasteiger partial charge in [0.05, 0.1) is 5.69 Å². The summed E-state index contributed by atoms with van der Waals surface area (Å²) in [4.78, 5) is 11.5. The van der Waals surface area contributed by atoms with Crippen molar-refractivity contribution in [2.75, 3.05) is 26.2 Å². The standard InChI is InChI=1S/C18H33N5O/c1-5-19-18(21-13-17-22-15(3)16(4)24-17)20-10-8-12-23-11-7-6-9-14(23)2/h14H,5-13H2,1-4H3,(H2,19,20,21). The topological polar surface area (TPSA) is 65.7 Å². The number of aromatic nitrogens is 1. The molecule has 0 radical (unpaired) electrons. The summed E-state index contributed by atoms with van der Waals surface area (Å²) < 4.78 is 5.58. The first-order chi connectivity index (χ1) is 11.6. The van der Waals surface area contributed by atoms with Gasteiger partial charge in [-0.3, -0.25) is 0 Å². The lowest BCUT2D eigenvalue weighted by Crippen LogP contribution is -2.41. The van der Waals surface area contributed by atoms with Gasteiger partial charge in [0.15, 0.2) is 5.96 Å². The lowest BCUT2D eigenvalue weighted by molar-refractivity contribution is 0.159. The van der Waals surface area contributed by atoms with Gasteiger partial charge in [0, 0.05) is 25.7 Å². The fourth-order valence-corrected chi connectivity index (χ4v) is 3.07. The van der Waals surface area contributed by atoms with E-state index in [1.165, 1.54) is 25.8 Å². The predicted octanol–water partition coefficient (Wildman–Crippen LogP) is 2.61. The molecule has 1 aliphatic heterocycles. The van der Waals surface area contributed by atoms with Crippen molar-refractivity contribution in [1.29, 1.82) is 0 Å². The summed E-state index contributed by atoms with van der Waals surface area (Å²) in [7, 11) is 0. The molecule has 6 heteroatoms. The van der Waals surface area contributed by atoms with E-state index < -0.39 is 0 Å². The molecule has 0 saturated carbocycles. The third-order valence-corrected chi connectivity index (χ3v) is 4.64. The van der Waals surface area contributed by atoms with Crippen molar-refractivity contribution in [2.45, 2.75) is 66.0 Å². The lowest BCUT2D eigenvalue weighted by Gasteiger charge is -2.33. The van der Waals surface area contributed by atoms with Gasteiger partial charge in [0.1, 0.15) is 12.3 Å². The number of likely N-dealkylation sites (tertiary alicyclic amines) is 1. The number of aryl methyl sites for hydroxylation is 2. The summed E-state index contributed by atoms with van der Waals surface area (Å²) in [5.74, 6) is 2.37. The number of aliphatic imine (C=N–C) groups is 1. The molecule has 1 fully saturated rings. The van der Waals surface area contributed by atoms with Crippen LogP contribution >= 0.6 is 0 Å². The second-order valence-corrected chi connectivity index (χ2v) is 6.61. The summed E-state index contributed by atoms with van der Waals surface area (Å²) in [6.45, 7) is 13.0. The molecule has 6 nitrogen and oxygen atoms in total. The van der Waals surface area contributed by atoms with Crippen LogP contribution in [0, 0.1) is 13.8 Å². The zero-order valence-electron chi connectivity index (χ0n) is 15.7. The van der Waals surface area contributed by atoms with E-state index in [1.807, 2.05) is 13.8 Å². The summed E-state index contributed by atoms with van der Waals surface area (Å²) in [5.41, 5.74) is 0.939. The Hall–Kier alpha value is -1.56. The van der Waals surface area contributed by atoms with Crippen LogP contribution in [-0.2, 0) is 6.54 Å². The Morgan fingerprint density at radius 1 is 1.33 bits per heavy atom. The summed E-state index contributed by atoms with van der Waals surface area (Å²) in [5, 5.41) is 6.69. The number of rotatable bonds is 7. The fraction of sp³-hybridized carbons (Fsp3) is 0.778. The molecular formula is C18H33N5O. The van der Waals surface area contributed by atoms with Crippen molar-refractivity contribution in [3.8, 4) is 0 Å². The first kappa shape index (κ1) is 18.8. The number of nitrogens with zero attached hydrogens (tertiary/aromatic N) is 3. The maximum atomic E-state index is 5.58. The van der Waals surface area contributed by atoms with Gasteiger partial charge in [-0.05, 0) is 53.5 Å². The molecule has 0 bridgehead atoms. The number of hydrogen-bond donors (Lipinski definition) is 2. The average molecular weight is 335 g/mol. The minimum atomic E-state index is 0.465. The van der Waals surface area contributed by atoms with Crippen LogP contribution in [0.4, 0.5) is 0 Å². The van der Waals surface area contributed by atoms with E-state index >= 15 is 0 Å². The van der Waals surface area contributed by atoms with E-state index in [-0.39, 0.29) is 0 Å². The van der Waals surface area contributed by atoms with E-state index in [1.54, 1.807) is 0 Å².